The summed E-state index contributed by atoms with van der Waals surface area (Å²) in [4.78, 5) is 5.14. The van der Waals surface area contributed by atoms with Gasteiger partial charge in [-0.3, -0.25) is 0 Å². The van der Waals surface area contributed by atoms with E-state index in [-0.39, 0.29) is 21.7 Å². The van der Waals surface area contributed by atoms with E-state index in [2.05, 4.69) is 405 Å². The molecule has 0 atom stereocenters. The summed E-state index contributed by atoms with van der Waals surface area (Å²) in [5, 5.41) is 14.4. The maximum Gasteiger partial charge on any atom is 0.0540 e. The summed E-state index contributed by atoms with van der Waals surface area (Å²) < 4.78 is 0. The summed E-state index contributed by atoms with van der Waals surface area (Å²) >= 11 is 0. The molecule has 0 unspecified atom stereocenters. The van der Waals surface area contributed by atoms with E-state index in [1.165, 1.54) is 109 Å². The summed E-state index contributed by atoms with van der Waals surface area (Å²) in [7, 11) is 0. The van der Waals surface area contributed by atoms with Crippen LogP contribution >= 0.6 is 0 Å². The monoisotopic (exact) mass is 1260 g/mol. The summed E-state index contributed by atoms with van der Waals surface area (Å²) in [6.45, 7) is 18.9. The van der Waals surface area contributed by atoms with Gasteiger partial charge in [0.15, 0.2) is 0 Å². The van der Waals surface area contributed by atoms with Gasteiger partial charge in [-0.25, -0.2) is 0 Å². The first-order valence-electron chi connectivity index (χ1n) is 34.7. The second-order valence-electron chi connectivity index (χ2n) is 28.7. The normalized spacial score (nSPS) is 12.3. The highest BCUT2D eigenvalue weighted by Gasteiger charge is 2.34. The predicted octanol–water partition coefficient (Wildman–Crippen LogP) is 26.5. The Hall–Kier alpha value is -11.3. The Kier molecular flexibility index (Phi) is 15.3. The van der Waals surface area contributed by atoms with Gasteiger partial charge in [0.2, 0.25) is 0 Å². The van der Waals surface area contributed by atoms with Gasteiger partial charge in [-0.1, -0.05) is 359 Å². The van der Waals surface area contributed by atoms with Gasteiger partial charge in [-0.2, -0.15) is 0 Å². The van der Waals surface area contributed by atoms with Crippen LogP contribution in [0.1, 0.15) is 99.9 Å². The Labute approximate surface area is 577 Å². The molecule has 2 heteroatoms. The van der Waals surface area contributed by atoms with Gasteiger partial charge >= 0.3 is 0 Å². The zero-order valence-electron chi connectivity index (χ0n) is 57.2. The first kappa shape index (κ1) is 61.5. The van der Waals surface area contributed by atoms with Gasteiger partial charge in [0.05, 0.1) is 34.1 Å². The van der Waals surface area contributed by atoms with Crippen LogP contribution in [-0.2, 0) is 21.7 Å². The van der Waals surface area contributed by atoms with Crippen molar-refractivity contribution in [3.8, 4) is 11.1 Å². The van der Waals surface area contributed by atoms with E-state index in [1.54, 1.807) is 0 Å². The maximum absolute atomic E-state index is 2.57. The molecule has 0 spiro atoms. The maximum atomic E-state index is 2.57. The second-order valence-corrected chi connectivity index (χ2v) is 28.7. The van der Waals surface area contributed by atoms with Crippen molar-refractivity contribution in [3.63, 3.8) is 0 Å². The van der Waals surface area contributed by atoms with Crippen LogP contribution in [0.2, 0.25) is 0 Å². The molecule has 0 bridgehead atoms. The fraction of sp³-hybridized carbons (Fsp3) is 0.125. The minimum atomic E-state index is -0.276. The van der Waals surface area contributed by atoms with E-state index in [0.717, 1.165) is 44.9 Å². The van der Waals surface area contributed by atoms with E-state index >= 15 is 0 Å². The third-order valence-corrected chi connectivity index (χ3v) is 21.8. The van der Waals surface area contributed by atoms with Crippen molar-refractivity contribution in [3.05, 3.63) is 384 Å². The lowest BCUT2D eigenvalue weighted by molar-refractivity contribution is 0.647. The number of rotatable bonds is 15. The first-order valence-corrected chi connectivity index (χ1v) is 34.7. The summed E-state index contributed by atoms with van der Waals surface area (Å²) in [5.74, 6) is 0. The van der Waals surface area contributed by atoms with Crippen LogP contribution in [0, 0.1) is 0 Å². The molecule has 0 saturated heterocycles. The summed E-state index contributed by atoms with van der Waals surface area (Å²) in [6.07, 6.45) is 0. The summed E-state index contributed by atoms with van der Waals surface area (Å²) in [6, 6.07) is 127. The van der Waals surface area contributed by atoms with Crippen LogP contribution in [-0.4, -0.2) is 0 Å². The van der Waals surface area contributed by atoms with Gasteiger partial charge in [0.1, 0.15) is 0 Å². The van der Waals surface area contributed by atoms with Gasteiger partial charge in [-0.05, 0) is 124 Å². The molecular weight excluding hydrogens is 1180 g/mol. The van der Waals surface area contributed by atoms with Crippen LogP contribution < -0.4 is 9.80 Å². The minimum Gasteiger partial charge on any atom is -0.309 e. The van der Waals surface area contributed by atoms with Crippen molar-refractivity contribution in [1.29, 1.82) is 0 Å². The molecule has 0 N–H and O–H groups in total. The highest BCUT2D eigenvalue weighted by molar-refractivity contribution is 6.17. The Morgan fingerprint density at radius 1 is 0.153 bits per heavy atom. The number of fused-ring (bicyclic) bond motifs is 6. The minimum absolute atomic E-state index is 0.276. The van der Waals surface area contributed by atoms with Crippen LogP contribution in [0.15, 0.2) is 340 Å². The molecule has 98 heavy (non-hydrogen) atoms. The first-order chi connectivity index (χ1) is 47.7. The van der Waals surface area contributed by atoms with Crippen molar-refractivity contribution in [2.24, 2.45) is 0 Å². The molecule has 0 aromatic heterocycles. The third kappa shape index (κ3) is 10.2. The van der Waals surface area contributed by atoms with Crippen LogP contribution in [0.25, 0.3) is 75.8 Å². The summed E-state index contributed by atoms with van der Waals surface area (Å²) in [5.41, 5.74) is 18.2. The second kappa shape index (κ2) is 24.4. The molecule has 16 aromatic carbocycles. The Balaban J connectivity index is 0.917. The van der Waals surface area contributed by atoms with Gasteiger partial charge < -0.3 is 9.80 Å². The number of benzene rings is 16. The Morgan fingerprint density at radius 3 is 0.531 bits per heavy atom. The van der Waals surface area contributed by atoms with E-state index in [4.69, 9.17) is 0 Å². The Morgan fingerprint density at radius 2 is 0.316 bits per heavy atom. The molecule has 0 saturated carbocycles. The SMILES string of the molecule is CC(C)(c1ccccc1)c1ccc(N(c2ccc(-c3ccc(N(c4ccc(C(C)(C)c5ccccc5)c5ccccc45)c4ccc(C(C)(C)c5ccccc5)c5ccccc45)c4ccccc34)c3ccccc23)c2ccc(C(C)(C)c3ccccc3)c3ccccc23)c2ccccc12. The smallest absolute Gasteiger partial charge is 0.0540 e. The quantitative estimate of drug-likeness (QED) is 0.101. The van der Waals surface area contributed by atoms with Crippen LogP contribution in [0.4, 0.5) is 34.1 Å². The van der Waals surface area contributed by atoms with E-state index in [1.807, 2.05) is 0 Å². The lowest BCUT2D eigenvalue weighted by atomic mass is 9.75. The molecule has 0 aliphatic rings. The van der Waals surface area contributed by atoms with Crippen molar-refractivity contribution >= 4 is 98.8 Å². The largest absolute Gasteiger partial charge is 0.309 e. The lowest BCUT2D eigenvalue weighted by Crippen LogP contribution is -2.21. The molecule has 0 radical (unpaired) electrons. The van der Waals surface area contributed by atoms with Gasteiger partial charge in [0, 0.05) is 54.0 Å². The molecule has 474 valence electrons. The van der Waals surface area contributed by atoms with E-state index in [9.17, 15) is 0 Å². The highest BCUT2D eigenvalue weighted by atomic mass is 15.2. The highest BCUT2D eigenvalue weighted by Crippen LogP contribution is 2.53. The average Bonchev–Trinajstić information content (AvgIpc) is 0.729. The lowest BCUT2D eigenvalue weighted by Gasteiger charge is -2.34. The molecular formula is C96H80N2. The standard InChI is InChI=1S/C96H80N2/c1-93(2,65-33-13-9-14-34-65)83-55-61-89(79-49-29-23-43-73(79)83)97(90-62-56-84(74-44-24-30-50-80(74)90)94(3,4)66-35-15-10-16-36-66)87-59-53-71(69-41-21-27-47-77(69)87)72-54-60-88(78-48-28-22-42-70(72)78)98(91-63-57-85(75-45-25-31-51-81(75)91)95(5,6)67-37-17-11-18-38-67)92-64-58-86(76-46-26-32-52-82(76)92)96(7,8)68-39-19-12-20-40-68/h9-64H,1-8H3. The van der Waals surface area contributed by atoms with Crippen molar-refractivity contribution < 1.29 is 0 Å². The van der Waals surface area contributed by atoms with E-state index in [0.29, 0.717) is 0 Å². The predicted molar refractivity (Wildman–Crippen MR) is 421 cm³/mol. The zero-order chi connectivity index (χ0) is 66.9. The fourth-order valence-corrected chi connectivity index (χ4v) is 16.3. The van der Waals surface area contributed by atoms with Crippen molar-refractivity contribution in [1.82, 2.24) is 0 Å². The molecule has 16 aromatic rings. The number of nitrogens with zero attached hydrogens (tertiary/aromatic N) is 2. The molecule has 0 heterocycles. The molecule has 0 aliphatic carbocycles. The molecule has 0 amide bonds. The number of hydrogen-bond donors (Lipinski definition) is 0. The Bertz CT molecular complexity index is 5060. The molecule has 16 rings (SSSR count). The van der Waals surface area contributed by atoms with Crippen LogP contribution in [0.5, 0.6) is 0 Å². The number of anilines is 6. The van der Waals surface area contributed by atoms with E-state index < -0.39 is 0 Å². The molecule has 0 fully saturated rings. The van der Waals surface area contributed by atoms with Crippen molar-refractivity contribution in [2.45, 2.75) is 77.0 Å². The van der Waals surface area contributed by atoms with Gasteiger partial charge in [-0.15, -0.1) is 0 Å². The number of hydrogen-bond acceptors (Lipinski definition) is 2. The molecule has 2 nitrogen and oxygen atoms in total. The zero-order valence-corrected chi connectivity index (χ0v) is 57.2. The third-order valence-electron chi connectivity index (χ3n) is 21.8. The topological polar surface area (TPSA) is 6.48 Å². The van der Waals surface area contributed by atoms with Gasteiger partial charge in [0.25, 0.3) is 0 Å². The fourth-order valence-electron chi connectivity index (χ4n) is 16.3. The average molecular weight is 1260 g/mol. The molecule has 0 aliphatic heterocycles. The van der Waals surface area contributed by atoms with Crippen LogP contribution in [0.3, 0.4) is 0 Å². The van der Waals surface area contributed by atoms with Crippen molar-refractivity contribution in [2.75, 3.05) is 9.80 Å².